The minimum absolute atomic E-state index is 0.00621. The van der Waals surface area contributed by atoms with Crippen molar-refractivity contribution in [3.05, 3.63) is 36.9 Å². The molecule has 21 heavy (non-hydrogen) atoms. The SMILES string of the molecule is C=CCC(NS(=O)(=O)c1ccc(OCCC)cc1)C(=O)O. The lowest BCUT2D eigenvalue weighted by Gasteiger charge is -2.13. The average molecular weight is 313 g/mol. The van der Waals surface area contributed by atoms with Crippen LogP contribution in [0.25, 0.3) is 0 Å². The first-order valence-corrected chi connectivity index (χ1v) is 7.98. The monoisotopic (exact) mass is 313 g/mol. The lowest BCUT2D eigenvalue weighted by molar-refractivity contribution is -0.138. The number of benzene rings is 1. The average Bonchev–Trinajstić information content (AvgIpc) is 2.45. The normalized spacial score (nSPS) is 12.6. The van der Waals surface area contributed by atoms with Gasteiger partial charge in [0.2, 0.25) is 10.0 Å². The highest BCUT2D eigenvalue weighted by Crippen LogP contribution is 2.16. The number of sulfonamides is 1. The van der Waals surface area contributed by atoms with Crippen molar-refractivity contribution in [3.8, 4) is 5.75 Å². The summed E-state index contributed by atoms with van der Waals surface area (Å²) in [5.74, 6) is -0.682. The minimum Gasteiger partial charge on any atom is -0.494 e. The Morgan fingerprint density at radius 2 is 2.05 bits per heavy atom. The van der Waals surface area contributed by atoms with Crippen LogP contribution < -0.4 is 9.46 Å². The molecule has 0 aliphatic heterocycles. The van der Waals surface area contributed by atoms with Crippen LogP contribution in [0.2, 0.25) is 0 Å². The molecule has 7 heteroatoms. The van der Waals surface area contributed by atoms with E-state index in [-0.39, 0.29) is 11.3 Å². The van der Waals surface area contributed by atoms with Gasteiger partial charge < -0.3 is 9.84 Å². The van der Waals surface area contributed by atoms with Crippen LogP contribution in [0.4, 0.5) is 0 Å². The molecule has 0 spiro atoms. The van der Waals surface area contributed by atoms with Gasteiger partial charge in [0.1, 0.15) is 11.8 Å². The zero-order valence-electron chi connectivity index (χ0n) is 11.8. The lowest BCUT2D eigenvalue weighted by Crippen LogP contribution is -2.40. The van der Waals surface area contributed by atoms with Gasteiger partial charge in [0.25, 0.3) is 0 Å². The van der Waals surface area contributed by atoms with Gasteiger partial charge in [-0.1, -0.05) is 13.0 Å². The molecule has 0 aromatic heterocycles. The zero-order chi connectivity index (χ0) is 15.9. The van der Waals surface area contributed by atoms with Crippen molar-refractivity contribution in [1.29, 1.82) is 0 Å². The fraction of sp³-hybridized carbons (Fsp3) is 0.357. The van der Waals surface area contributed by atoms with Crippen LogP contribution in [-0.4, -0.2) is 32.1 Å². The fourth-order valence-corrected chi connectivity index (χ4v) is 2.76. The van der Waals surface area contributed by atoms with Gasteiger partial charge in [0, 0.05) is 0 Å². The molecule has 0 saturated heterocycles. The summed E-state index contributed by atoms with van der Waals surface area (Å²) in [6.45, 7) is 5.92. The number of ether oxygens (including phenoxy) is 1. The highest BCUT2D eigenvalue weighted by molar-refractivity contribution is 7.89. The molecule has 116 valence electrons. The largest absolute Gasteiger partial charge is 0.494 e. The van der Waals surface area contributed by atoms with E-state index in [1.54, 1.807) is 0 Å². The second-order valence-corrected chi connectivity index (χ2v) is 6.07. The Kier molecular flexibility index (Phi) is 6.39. The van der Waals surface area contributed by atoms with Crippen molar-refractivity contribution >= 4 is 16.0 Å². The first-order valence-electron chi connectivity index (χ1n) is 6.49. The molecule has 1 aromatic carbocycles. The maximum atomic E-state index is 12.1. The number of carbonyl (C=O) groups is 1. The van der Waals surface area contributed by atoms with Gasteiger partial charge in [0.15, 0.2) is 0 Å². The first-order chi connectivity index (χ1) is 9.90. The summed E-state index contributed by atoms with van der Waals surface area (Å²) in [5.41, 5.74) is 0. The molecule has 6 nitrogen and oxygen atoms in total. The van der Waals surface area contributed by atoms with Crippen LogP contribution in [0.15, 0.2) is 41.8 Å². The number of aliphatic carboxylic acids is 1. The van der Waals surface area contributed by atoms with E-state index >= 15 is 0 Å². The Bertz CT molecular complexity index is 580. The van der Waals surface area contributed by atoms with Crippen LogP contribution in [0, 0.1) is 0 Å². The van der Waals surface area contributed by atoms with Crippen LogP contribution in [-0.2, 0) is 14.8 Å². The smallest absolute Gasteiger partial charge is 0.322 e. The molecule has 0 bridgehead atoms. The van der Waals surface area contributed by atoms with E-state index in [1.165, 1.54) is 30.3 Å². The van der Waals surface area contributed by atoms with Crippen LogP contribution in [0.1, 0.15) is 19.8 Å². The summed E-state index contributed by atoms with van der Waals surface area (Å²) in [6.07, 6.45) is 2.21. The quantitative estimate of drug-likeness (QED) is 0.678. The maximum Gasteiger partial charge on any atom is 0.322 e. The van der Waals surface area contributed by atoms with Gasteiger partial charge in [-0.3, -0.25) is 4.79 Å². The van der Waals surface area contributed by atoms with Crippen LogP contribution >= 0.6 is 0 Å². The van der Waals surface area contributed by atoms with Crippen molar-refractivity contribution in [2.75, 3.05) is 6.61 Å². The molecular formula is C14H19NO5S. The molecule has 2 N–H and O–H groups in total. The summed E-state index contributed by atoms with van der Waals surface area (Å²) < 4.78 is 31.7. The lowest BCUT2D eigenvalue weighted by atomic mass is 10.2. The van der Waals surface area contributed by atoms with E-state index in [0.717, 1.165) is 6.42 Å². The Morgan fingerprint density at radius 1 is 1.43 bits per heavy atom. The predicted octanol–water partition coefficient (Wildman–Crippen LogP) is 1.78. The molecular weight excluding hydrogens is 294 g/mol. The van der Waals surface area contributed by atoms with Crippen molar-refractivity contribution in [1.82, 2.24) is 4.72 Å². The van der Waals surface area contributed by atoms with E-state index in [9.17, 15) is 13.2 Å². The minimum atomic E-state index is -3.90. The number of nitrogens with one attached hydrogen (secondary N) is 1. The molecule has 0 aliphatic rings. The number of rotatable bonds is 9. The molecule has 0 aliphatic carbocycles. The summed E-state index contributed by atoms with van der Waals surface area (Å²) in [4.78, 5) is 11.0. The van der Waals surface area contributed by atoms with Crippen molar-refractivity contribution < 1.29 is 23.1 Å². The number of carboxylic acids is 1. The summed E-state index contributed by atoms with van der Waals surface area (Å²) in [5, 5.41) is 8.96. The van der Waals surface area contributed by atoms with Crippen molar-refractivity contribution in [3.63, 3.8) is 0 Å². The molecule has 1 unspecified atom stereocenters. The molecule has 0 heterocycles. The molecule has 1 atom stereocenters. The Balaban J connectivity index is 2.86. The Labute approximate surface area is 124 Å². The molecule has 1 rings (SSSR count). The fourth-order valence-electron chi connectivity index (χ4n) is 1.56. The highest BCUT2D eigenvalue weighted by Gasteiger charge is 2.24. The van der Waals surface area contributed by atoms with Gasteiger partial charge in [0.05, 0.1) is 11.5 Å². The van der Waals surface area contributed by atoms with E-state index in [2.05, 4.69) is 11.3 Å². The second kappa shape index (κ2) is 7.80. The predicted molar refractivity (Wildman–Crippen MR) is 78.8 cm³/mol. The number of hydrogen-bond acceptors (Lipinski definition) is 4. The Hall–Kier alpha value is -1.86. The summed E-state index contributed by atoms with van der Waals surface area (Å²) in [6, 6.07) is 4.59. The third-order valence-corrected chi connectivity index (χ3v) is 4.09. The highest BCUT2D eigenvalue weighted by atomic mass is 32.2. The molecule has 0 saturated carbocycles. The van der Waals surface area contributed by atoms with Crippen molar-refractivity contribution in [2.24, 2.45) is 0 Å². The van der Waals surface area contributed by atoms with Gasteiger partial charge in [-0.2, -0.15) is 4.72 Å². The Morgan fingerprint density at radius 3 is 2.52 bits per heavy atom. The molecule has 0 amide bonds. The van der Waals surface area contributed by atoms with E-state index < -0.39 is 22.0 Å². The third kappa shape index (κ3) is 5.20. The summed E-state index contributed by atoms with van der Waals surface area (Å²) in [7, 11) is -3.90. The zero-order valence-corrected chi connectivity index (χ0v) is 12.6. The second-order valence-electron chi connectivity index (χ2n) is 4.36. The third-order valence-electron chi connectivity index (χ3n) is 2.60. The topological polar surface area (TPSA) is 92.7 Å². The molecule has 1 aromatic rings. The number of carboxylic acid groups (broad SMARTS) is 1. The van der Waals surface area contributed by atoms with E-state index in [4.69, 9.17) is 9.84 Å². The first kappa shape index (κ1) is 17.2. The van der Waals surface area contributed by atoms with Crippen molar-refractivity contribution in [2.45, 2.75) is 30.7 Å². The molecule has 0 radical (unpaired) electrons. The number of hydrogen-bond donors (Lipinski definition) is 2. The standard InChI is InChI=1S/C14H19NO5S/c1-3-5-13(14(16)17)15-21(18,19)12-8-6-11(7-9-12)20-10-4-2/h3,6-9,13,15H,1,4-5,10H2,2H3,(H,16,17). The van der Waals surface area contributed by atoms with Gasteiger partial charge in [-0.25, -0.2) is 8.42 Å². The van der Waals surface area contributed by atoms with Crippen LogP contribution in [0.5, 0.6) is 5.75 Å². The van der Waals surface area contributed by atoms with E-state index in [0.29, 0.717) is 12.4 Å². The van der Waals surface area contributed by atoms with Gasteiger partial charge in [-0.05, 0) is 37.1 Å². The van der Waals surface area contributed by atoms with Gasteiger partial charge in [-0.15, -0.1) is 6.58 Å². The summed E-state index contributed by atoms with van der Waals surface area (Å²) >= 11 is 0. The maximum absolute atomic E-state index is 12.1. The van der Waals surface area contributed by atoms with E-state index in [1.807, 2.05) is 6.92 Å². The van der Waals surface area contributed by atoms with Crippen LogP contribution in [0.3, 0.4) is 0 Å². The molecule has 0 fully saturated rings. The van der Waals surface area contributed by atoms with Gasteiger partial charge >= 0.3 is 5.97 Å².